The van der Waals surface area contributed by atoms with Crippen molar-refractivity contribution in [3.63, 3.8) is 0 Å². The number of carboxylic acids is 1. The number of esters is 1. The van der Waals surface area contributed by atoms with Gasteiger partial charge in [0.2, 0.25) is 5.60 Å². The number of carboxylic acid groups (broad SMARTS) is 1. The lowest BCUT2D eigenvalue weighted by Crippen LogP contribution is -2.39. The fourth-order valence-electron chi connectivity index (χ4n) is 0.590. The zero-order chi connectivity index (χ0) is 9.78. The molecule has 0 aliphatic carbocycles. The van der Waals surface area contributed by atoms with Crippen molar-refractivity contribution >= 4 is 11.9 Å². The average molecular weight is 174 g/mol. The van der Waals surface area contributed by atoms with E-state index in [4.69, 9.17) is 9.84 Å². The molecular weight excluding hydrogens is 160 g/mol. The Bertz CT molecular complexity index is 187. The van der Waals surface area contributed by atoms with E-state index in [1.807, 2.05) is 0 Å². The van der Waals surface area contributed by atoms with E-state index in [1.165, 1.54) is 6.92 Å². The van der Waals surface area contributed by atoms with Crippen LogP contribution < -0.4 is 0 Å². The zero-order valence-corrected chi connectivity index (χ0v) is 7.59. The van der Waals surface area contributed by atoms with Gasteiger partial charge in [-0.05, 0) is 13.3 Å². The Morgan fingerprint density at radius 1 is 1.42 bits per heavy atom. The van der Waals surface area contributed by atoms with Crippen LogP contribution in [0.5, 0.6) is 0 Å². The van der Waals surface area contributed by atoms with Crippen molar-refractivity contribution < 1.29 is 19.4 Å². The standard InChI is InChI=1S/C8H14O4/c1-4-6(9)12-8(3,5-2)7(10)11/h4-5H2,1-3H3,(H,10,11). The van der Waals surface area contributed by atoms with E-state index >= 15 is 0 Å². The summed E-state index contributed by atoms with van der Waals surface area (Å²) >= 11 is 0. The van der Waals surface area contributed by atoms with Crippen molar-refractivity contribution in [1.82, 2.24) is 0 Å². The minimum Gasteiger partial charge on any atom is -0.478 e. The van der Waals surface area contributed by atoms with Crippen LogP contribution >= 0.6 is 0 Å². The van der Waals surface area contributed by atoms with Crippen LogP contribution in [-0.4, -0.2) is 22.6 Å². The average Bonchev–Trinajstić information content (AvgIpc) is 2.03. The summed E-state index contributed by atoms with van der Waals surface area (Å²) in [6, 6.07) is 0. The molecule has 1 atom stereocenters. The maximum absolute atomic E-state index is 10.8. The van der Waals surface area contributed by atoms with E-state index in [1.54, 1.807) is 13.8 Å². The van der Waals surface area contributed by atoms with Crippen LogP contribution in [0.1, 0.15) is 33.6 Å². The number of hydrogen-bond acceptors (Lipinski definition) is 3. The summed E-state index contributed by atoms with van der Waals surface area (Å²) in [5.74, 6) is -1.59. The Morgan fingerprint density at radius 2 is 1.92 bits per heavy atom. The van der Waals surface area contributed by atoms with Gasteiger partial charge in [0, 0.05) is 6.42 Å². The fraction of sp³-hybridized carbons (Fsp3) is 0.750. The molecule has 0 aromatic carbocycles. The molecule has 0 fully saturated rings. The Labute approximate surface area is 71.5 Å². The summed E-state index contributed by atoms with van der Waals surface area (Å²) in [5.41, 5.74) is -1.37. The molecule has 4 heteroatoms. The summed E-state index contributed by atoms with van der Waals surface area (Å²) < 4.78 is 4.76. The molecule has 70 valence electrons. The van der Waals surface area contributed by atoms with Crippen molar-refractivity contribution in [1.29, 1.82) is 0 Å². The molecule has 1 N–H and O–H groups in total. The lowest BCUT2D eigenvalue weighted by Gasteiger charge is -2.22. The summed E-state index contributed by atoms with van der Waals surface area (Å²) in [6.45, 7) is 4.68. The van der Waals surface area contributed by atoms with E-state index in [2.05, 4.69) is 0 Å². The van der Waals surface area contributed by atoms with Crippen LogP contribution in [0.4, 0.5) is 0 Å². The summed E-state index contributed by atoms with van der Waals surface area (Å²) in [6.07, 6.45) is 0.469. The quantitative estimate of drug-likeness (QED) is 0.650. The Morgan fingerprint density at radius 3 is 2.17 bits per heavy atom. The van der Waals surface area contributed by atoms with Crippen LogP contribution in [0, 0.1) is 0 Å². The van der Waals surface area contributed by atoms with Gasteiger partial charge in [-0.25, -0.2) is 4.79 Å². The van der Waals surface area contributed by atoms with Gasteiger partial charge >= 0.3 is 11.9 Å². The number of carbonyl (C=O) groups excluding carboxylic acids is 1. The second-order valence-electron chi connectivity index (χ2n) is 2.72. The molecule has 0 aromatic heterocycles. The monoisotopic (exact) mass is 174 g/mol. The van der Waals surface area contributed by atoms with Crippen molar-refractivity contribution in [3.05, 3.63) is 0 Å². The molecule has 0 aromatic rings. The van der Waals surface area contributed by atoms with Crippen LogP contribution in [0.25, 0.3) is 0 Å². The van der Waals surface area contributed by atoms with E-state index in [0.29, 0.717) is 0 Å². The highest BCUT2D eigenvalue weighted by Gasteiger charge is 2.34. The molecule has 0 aliphatic rings. The molecule has 0 radical (unpaired) electrons. The summed E-state index contributed by atoms with van der Waals surface area (Å²) in [5, 5.41) is 8.70. The van der Waals surface area contributed by atoms with Crippen molar-refractivity contribution in [2.24, 2.45) is 0 Å². The SMILES string of the molecule is CCC(=O)OC(C)(CC)C(=O)O. The molecular formula is C8H14O4. The molecule has 12 heavy (non-hydrogen) atoms. The zero-order valence-electron chi connectivity index (χ0n) is 7.59. The van der Waals surface area contributed by atoms with Gasteiger partial charge < -0.3 is 9.84 Å². The predicted molar refractivity (Wildman–Crippen MR) is 42.7 cm³/mol. The Balaban J connectivity index is 4.34. The molecule has 0 bridgehead atoms. The molecule has 0 rings (SSSR count). The van der Waals surface area contributed by atoms with Gasteiger partial charge in [-0.15, -0.1) is 0 Å². The van der Waals surface area contributed by atoms with Crippen molar-refractivity contribution in [2.45, 2.75) is 39.2 Å². The summed E-state index contributed by atoms with van der Waals surface area (Å²) in [7, 11) is 0. The van der Waals surface area contributed by atoms with E-state index in [0.717, 1.165) is 0 Å². The molecule has 0 aliphatic heterocycles. The number of carbonyl (C=O) groups is 2. The normalized spacial score (nSPS) is 14.9. The second kappa shape index (κ2) is 4.09. The lowest BCUT2D eigenvalue weighted by atomic mass is 10.0. The maximum Gasteiger partial charge on any atom is 0.347 e. The fourth-order valence-corrected chi connectivity index (χ4v) is 0.590. The van der Waals surface area contributed by atoms with E-state index < -0.39 is 17.5 Å². The third-order valence-corrected chi connectivity index (χ3v) is 1.75. The van der Waals surface area contributed by atoms with Crippen LogP contribution in [-0.2, 0) is 14.3 Å². The smallest absolute Gasteiger partial charge is 0.347 e. The molecule has 1 unspecified atom stereocenters. The number of ether oxygens (including phenoxy) is 1. The Kier molecular flexibility index (Phi) is 3.73. The van der Waals surface area contributed by atoms with E-state index in [9.17, 15) is 9.59 Å². The van der Waals surface area contributed by atoms with Gasteiger partial charge in [0.1, 0.15) is 0 Å². The highest BCUT2D eigenvalue weighted by Crippen LogP contribution is 2.15. The van der Waals surface area contributed by atoms with E-state index in [-0.39, 0.29) is 12.8 Å². The van der Waals surface area contributed by atoms with Gasteiger partial charge in [-0.1, -0.05) is 13.8 Å². The molecule has 4 nitrogen and oxygen atoms in total. The third kappa shape index (κ3) is 2.53. The third-order valence-electron chi connectivity index (χ3n) is 1.75. The van der Waals surface area contributed by atoms with Crippen LogP contribution in [0.2, 0.25) is 0 Å². The highest BCUT2D eigenvalue weighted by molar-refractivity contribution is 5.81. The minimum absolute atomic E-state index is 0.197. The minimum atomic E-state index is -1.37. The van der Waals surface area contributed by atoms with Gasteiger partial charge in [0.25, 0.3) is 0 Å². The van der Waals surface area contributed by atoms with Crippen LogP contribution in [0.3, 0.4) is 0 Å². The molecule has 0 saturated heterocycles. The molecule has 0 spiro atoms. The first-order valence-corrected chi connectivity index (χ1v) is 3.91. The lowest BCUT2D eigenvalue weighted by molar-refractivity contribution is -0.176. The highest BCUT2D eigenvalue weighted by atomic mass is 16.6. The first kappa shape index (κ1) is 10.9. The second-order valence-corrected chi connectivity index (χ2v) is 2.72. The maximum atomic E-state index is 10.8. The first-order valence-electron chi connectivity index (χ1n) is 3.91. The number of rotatable bonds is 4. The Hall–Kier alpha value is -1.06. The topological polar surface area (TPSA) is 63.6 Å². The largest absolute Gasteiger partial charge is 0.478 e. The van der Waals surface area contributed by atoms with Crippen molar-refractivity contribution in [2.75, 3.05) is 0 Å². The number of aliphatic carboxylic acids is 1. The molecule has 0 saturated carbocycles. The molecule has 0 amide bonds. The number of hydrogen-bond donors (Lipinski definition) is 1. The van der Waals surface area contributed by atoms with Gasteiger partial charge in [-0.2, -0.15) is 0 Å². The van der Waals surface area contributed by atoms with Gasteiger partial charge in [0.15, 0.2) is 0 Å². The van der Waals surface area contributed by atoms with Gasteiger partial charge in [-0.3, -0.25) is 4.79 Å². The van der Waals surface area contributed by atoms with Crippen molar-refractivity contribution in [3.8, 4) is 0 Å². The summed E-state index contributed by atoms with van der Waals surface area (Å²) in [4.78, 5) is 21.4. The molecule has 0 heterocycles. The predicted octanol–water partition coefficient (Wildman–Crippen LogP) is 1.19. The first-order chi connectivity index (χ1) is 5.46. The van der Waals surface area contributed by atoms with Gasteiger partial charge in [0.05, 0.1) is 0 Å². The van der Waals surface area contributed by atoms with Crippen LogP contribution in [0.15, 0.2) is 0 Å².